The molecule has 0 amide bonds. The highest BCUT2D eigenvalue weighted by Gasteiger charge is 2.36. The standard InChI is InChI=1S/C8H6F6/c1-3-6(8(12,13)14)4-5(2)7(9,10)11/h3-4H,1-2H2. The van der Waals surface area contributed by atoms with Gasteiger partial charge in [0.05, 0.1) is 5.57 Å². The number of alkyl halides is 6. The summed E-state index contributed by atoms with van der Waals surface area (Å²) in [4.78, 5) is 0. The molecule has 0 saturated heterocycles. The molecule has 14 heavy (non-hydrogen) atoms. The molecule has 0 saturated carbocycles. The first kappa shape index (κ1) is 12.8. The van der Waals surface area contributed by atoms with Crippen LogP contribution in [0.5, 0.6) is 0 Å². The van der Waals surface area contributed by atoms with Gasteiger partial charge in [-0.25, -0.2) is 0 Å². The van der Waals surface area contributed by atoms with Gasteiger partial charge in [0.25, 0.3) is 0 Å². The summed E-state index contributed by atoms with van der Waals surface area (Å²) in [5, 5.41) is 0. The van der Waals surface area contributed by atoms with Crippen LogP contribution in [0.4, 0.5) is 26.3 Å². The summed E-state index contributed by atoms with van der Waals surface area (Å²) >= 11 is 0. The second-order valence-corrected chi connectivity index (χ2v) is 2.32. The molecule has 6 heteroatoms. The number of hydrogen-bond acceptors (Lipinski definition) is 0. The molecule has 0 N–H and O–H groups in total. The smallest absolute Gasteiger partial charge is 0.166 e. The van der Waals surface area contributed by atoms with Crippen LogP contribution in [-0.4, -0.2) is 12.4 Å². The van der Waals surface area contributed by atoms with E-state index in [-0.39, 0.29) is 6.08 Å². The molecule has 0 heterocycles. The molecule has 0 spiro atoms. The molecular formula is C8H6F6. The summed E-state index contributed by atoms with van der Waals surface area (Å²) in [5.41, 5.74) is -3.04. The summed E-state index contributed by atoms with van der Waals surface area (Å²) < 4.78 is 71.1. The third kappa shape index (κ3) is 3.67. The SMILES string of the molecule is C=CC(=CC(=C)C(F)(F)F)C(F)(F)F. The fraction of sp³-hybridized carbons (Fsp3) is 0.250. The van der Waals surface area contributed by atoms with E-state index >= 15 is 0 Å². The van der Waals surface area contributed by atoms with Crippen molar-refractivity contribution in [3.63, 3.8) is 0 Å². The Morgan fingerprint density at radius 2 is 1.36 bits per heavy atom. The van der Waals surface area contributed by atoms with Gasteiger partial charge in [-0.2, -0.15) is 26.3 Å². The van der Waals surface area contributed by atoms with E-state index in [9.17, 15) is 26.3 Å². The first-order valence-corrected chi connectivity index (χ1v) is 3.26. The van der Waals surface area contributed by atoms with E-state index in [1.54, 1.807) is 0 Å². The fourth-order valence-corrected chi connectivity index (χ4v) is 0.526. The van der Waals surface area contributed by atoms with Gasteiger partial charge in [0.1, 0.15) is 0 Å². The summed E-state index contributed by atoms with van der Waals surface area (Å²) in [5.74, 6) is 0. The molecule has 0 aliphatic carbocycles. The summed E-state index contributed by atoms with van der Waals surface area (Å²) in [6, 6.07) is 0. The lowest BCUT2D eigenvalue weighted by atomic mass is 10.1. The quantitative estimate of drug-likeness (QED) is 0.486. The van der Waals surface area contributed by atoms with Gasteiger partial charge in [-0.1, -0.05) is 19.2 Å². The maximum Gasteiger partial charge on any atom is 0.416 e. The van der Waals surface area contributed by atoms with Gasteiger partial charge in [-0.05, 0) is 6.08 Å². The van der Waals surface area contributed by atoms with Crippen LogP contribution in [0.2, 0.25) is 0 Å². The minimum atomic E-state index is -4.86. The van der Waals surface area contributed by atoms with Crippen LogP contribution in [0.1, 0.15) is 0 Å². The van der Waals surface area contributed by atoms with Crippen molar-refractivity contribution in [3.05, 3.63) is 36.5 Å². The number of hydrogen-bond donors (Lipinski definition) is 0. The van der Waals surface area contributed by atoms with E-state index in [2.05, 4.69) is 13.2 Å². The van der Waals surface area contributed by atoms with Crippen LogP contribution in [-0.2, 0) is 0 Å². The van der Waals surface area contributed by atoms with E-state index in [1.165, 1.54) is 0 Å². The van der Waals surface area contributed by atoms with Crippen LogP contribution in [0.25, 0.3) is 0 Å². The van der Waals surface area contributed by atoms with Gasteiger partial charge in [0.15, 0.2) is 0 Å². The van der Waals surface area contributed by atoms with E-state index in [0.717, 1.165) is 0 Å². The summed E-state index contributed by atoms with van der Waals surface area (Å²) in [6.07, 6.45) is -9.50. The van der Waals surface area contributed by atoms with Gasteiger partial charge in [-0.15, -0.1) is 0 Å². The average molecular weight is 216 g/mol. The highest BCUT2D eigenvalue weighted by Crippen LogP contribution is 2.31. The van der Waals surface area contributed by atoms with Crippen LogP contribution in [0.15, 0.2) is 36.5 Å². The van der Waals surface area contributed by atoms with Crippen LogP contribution >= 0.6 is 0 Å². The van der Waals surface area contributed by atoms with Crippen molar-refractivity contribution in [2.24, 2.45) is 0 Å². The Balaban J connectivity index is 4.98. The third-order valence-electron chi connectivity index (χ3n) is 1.24. The minimum absolute atomic E-state index is 0.0903. The maximum atomic E-state index is 11.9. The van der Waals surface area contributed by atoms with Crippen molar-refractivity contribution in [3.8, 4) is 0 Å². The molecule has 0 aromatic rings. The zero-order chi connectivity index (χ0) is 11.6. The first-order chi connectivity index (χ1) is 6.09. The summed E-state index contributed by atoms with van der Waals surface area (Å²) in [6.45, 7) is 5.24. The Morgan fingerprint density at radius 3 is 1.57 bits per heavy atom. The second kappa shape index (κ2) is 3.89. The average Bonchev–Trinajstić information content (AvgIpc) is 1.95. The second-order valence-electron chi connectivity index (χ2n) is 2.32. The number of halogens is 6. The van der Waals surface area contributed by atoms with Gasteiger partial charge in [0, 0.05) is 5.57 Å². The molecule has 0 fully saturated rings. The molecule has 0 aromatic heterocycles. The predicted octanol–water partition coefficient (Wildman–Crippen LogP) is 3.78. The van der Waals surface area contributed by atoms with Crippen molar-refractivity contribution >= 4 is 0 Å². The molecule has 0 aliphatic rings. The highest BCUT2D eigenvalue weighted by atomic mass is 19.4. The fourth-order valence-electron chi connectivity index (χ4n) is 0.526. The third-order valence-corrected chi connectivity index (χ3v) is 1.24. The van der Waals surface area contributed by atoms with Crippen molar-refractivity contribution in [1.82, 2.24) is 0 Å². The Hall–Kier alpha value is -1.20. The molecular weight excluding hydrogens is 210 g/mol. The zero-order valence-corrected chi connectivity index (χ0v) is 6.84. The van der Waals surface area contributed by atoms with Crippen molar-refractivity contribution in [2.45, 2.75) is 12.4 Å². The first-order valence-electron chi connectivity index (χ1n) is 3.26. The van der Waals surface area contributed by atoms with E-state index in [4.69, 9.17) is 0 Å². The molecule has 0 aromatic carbocycles. The van der Waals surface area contributed by atoms with Crippen LogP contribution < -0.4 is 0 Å². The molecule has 0 nitrogen and oxygen atoms in total. The number of allylic oxidation sites excluding steroid dienone is 4. The lowest BCUT2D eigenvalue weighted by molar-refractivity contribution is -0.0931. The Morgan fingerprint density at radius 1 is 0.929 bits per heavy atom. The Bertz CT molecular complexity index is 265. The monoisotopic (exact) mass is 216 g/mol. The highest BCUT2D eigenvalue weighted by molar-refractivity contribution is 5.33. The normalized spacial score (nSPS) is 14.0. The van der Waals surface area contributed by atoms with Gasteiger partial charge < -0.3 is 0 Å². The lowest BCUT2D eigenvalue weighted by Gasteiger charge is -2.10. The molecule has 0 radical (unpaired) electrons. The largest absolute Gasteiger partial charge is 0.416 e. The predicted molar refractivity (Wildman–Crippen MR) is 39.5 cm³/mol. The van der Waals surface area contributed by atoms with Crippen molar-refractivity contribution in [1.29, 1.82) is 0 Å². The molecule has 0 bridgehead atoms. The van der Waals surface area contributed by atoms with Crippen molar-refractivity contribution in [2.75, 3.05) is 0 Å². The topological polar surface area (TPSA) is 0 Å². The molecule has 0 rings (SSSR count). The van der Waals surface area contributed by atoms with Crippen LogP contribution in [0.3, 0.4) is 0 Å². The van der Waals surface area contributed by atoms with Gasteiger partial charge >= 0.3 is 12.4 Å². The zero-order valence-electron chi connectivity index (χ0n) is 6.84. The lowest BCUT2D eigenvalue weighted by Crippen LogP contribution is -2.14. The minimum Gasteiger partial charge on any atom is -0.166 e. The molecule has 0 aliphatic heterocycles. The van der Waals surface area contributed by atoms with Gasteiger partial charge in [-0.3, -0.25) is 0 Å². The number of rotatable bonds is 2. The van der Waals surface area contributed by atoms with E-state index in [1.807, 2.05) is 0 Å². The Kier molecular flexibility index (Phi) is 3.56. The van der Waals surface area contributed by atoms with Gasteiger partial charge in [0.2, 0.25) is 0 Å². The molecule has 0 atom stereocenters. The van der Waals surface area contributed by atoms with E-state index in [0.29, 0.717) is 6.08 Å². The summed E-state index contributed by atoms with van der Waals surface area (Å²) in [7, 11) is 0. The maximum absolute atomic E-state index is 11.9. The van der Waals surface area contributed by atoms with Crippen molar-refractivity contribution < 1.29 is 26.3 Å². The molecule has 0 unspecified atom stereocenters. The molecule has 80 valence electrons. The van der Waals surface area contributed by atoms with Crippen LogP contribution in [0, 0.1) is 0 Å². The Labute approximate surface area is 76.2 Å². The van der Waals surface area contributed by atoms with E-state index < -0.39 is 23.5 Å².